The van der Waals surface area contributed by atoms with Crippen molar-refractivity contribution in [3.05, 3.63) is 41.5 Å². The molecule has 0 saturated heterocycles. The maximum Gasteiger partial charge on any atom is 0.333 e. The lowest BCUT2D eigenvalue weighted by Gasteiger charge is -2.06. The van der Waals surface area contributed by atoms with E-state index in [4.69, 9.17) is 9.47 Å². The summed E-state index contributed by atoms with van der Waals surface area (Å²) in [5.41, 5.74) is 1.98. The molecule has 0 bridgehead atoms. The van der Waals surface area contributed by atoms with E-state index in [2.05, 4.69) is 19.1 Å². The Morgan fingerprint density at radius 2 is 1.90 bits per heavy atom. The molecule has 0 aromatic heterocycles. The number of unbranched alkanes of at least 4 members (excludes halogenated alkanes) is 1. The van der Waals surface area contributed by atoms with Crippen molar-refractivity contribution in [2.45, 2.75) is 39.5 Å². The Morgan fingerprint density at radius 1 is 1.20 bits per heavy atom. The minimum atomic E-state index is -0.286. The van der Waals surface area contributed by atoms with E-state index in [1.165, 1.54) is 25.5 Å². The molecule has 0 radical (unpaired) electrons. The minimum Gasteiger partial charge on any atom is -0.490 e. The van der Waals surface area contributed by atoms with Crippen molar-refractivity contribution >= 4 is 5.97 Å². The Kier molecular flexibility index (Phi) is 7.48. The Labute approximate surface area is 121 Å². The molecular formula is C17H24O3. The summed E-state index contributed by atoms with van der Waals surface area (Å²) < 4.78 is 10.3. The van der Waals surface area contributed by atoms with Crippen LogP contribution in [0.3, 0.4) is 0 Å². The van der Waals surface area contributed by atoms with Gasteiger partial charge in [0, 0.05) is 5.57 Å². The van der Waals surface area contributed by atoms with Gasteiger partial charge >= 0.3 is 5.97 Å². The van der Waals surface area contributed by atoms with Crippen LogP contribution in [0.4, 0.5) is 0 Å². The number of ether oxygens (including phenoxy) is 2. The second-order valence-corrected chi connectivity index (χ2v) is 4.63. The fourth-order valence-corrected chi connectivity index (χ4v) is 1.87. The van der Waals surface area contributed by atoms with Crippen LogP contribution in [0.5, 0.6) is 5.75 Å². The topological polar surface area (TPSA) is 35.5 Å². The third-order valence-electron chi connectivity index (χ3n) is 3.15. The Hall–Kier alpha value is -1.77. The number of aryl methyl sites for hydroxylation is 1. The zero-order valence-electron chi connectivity index (χ0n) is 12.6. The molecule has 0 aliphatic carbocycles. The molecule has 0 saturated carbocycles. The summed E-state index contributed by atoms with van der Waals surface area (Å²) >= 11 is 0. The first-order valence-corrected chi connectivity index (χ1v) is 7.20. The molecule has 1 aromatic carbocycles. The van der Waals surface area contributed by atoms with Gasteiger partial charge in [0.05, 0.1) is 7.11 Å². The SMILES string of the molecule is CCCCc1ccc(OC/C=C(/CC)C(=O)OC)cc1. The van der Waals surface area contributed by atoms with Gasteiger partial charge in [-0.15, -0.1) is 0 Å². The van der Waals surface area contributed by atoms with Gasteiger partial charge in [0.2, 0.25) is 0 Å². The Bertz CT molecular complexity index is 432. The fourth-order valence-electron chi connectivity index (χ4n) is 1.87. The quantitative estimate of drug-likeness (QED) is 0.533. The van der Waals surface area contributed by atoms with E-state index >= 15 is 0 Å². The first-order valence-electron chi connectivity index (χ1n) is 7.20. The summed E-state index contributed by atoms with van der Waals surface area (Å²) in [5, 5.41) is 0. The van der Waals surface area contributed by atoms with Crippen LogP contribution in [0.15, 0.2) is 35.9 Å². The molecule has 0 aliphatic heterocycles. The molecule has 0 atom stereocenters. The average molecular weight is 276 g/mol. The van der Waals surface area contributed by atoms with E-state index < -0.39 is 0 Å². The lowest BCUT2D eigenvalue weighted by atomic mass is 10.1. The van der Waals surface area contributed by atoms with Crippen LogP contribution < -0.4 is 4.74 Å². The first kappa shape index (κ1) is 16.3. The highest BCUT2D eigenvalue weighted by molar-refractivity contribution is 5.88. The number of rotatable bonds is 8. The van der Waals surface area contributed by atoms with Crippen molar-refractivity contribution in [3.8, 4) is 5.75 Å². The summed E-state index contributed by atoms with van der Waals surface area (Å²) in [5.74, 6) is 0.535. The molecule has 1 aromatic rings. The maximum atomic E-state index is 11.4. The number of benzene rings is 1. The first-order chi connectivity index (χ1) is 9.71. The molecule has 3 nitrogen and oxygen atoms in total. The van der Waals surface area contributed by atoms with Crippen LogP contribution in [0.1, 0.15) is 38.7 Å². The lowest BCUT2D eigenvalue weighted by Crippen LogP contribution is -2.06. The fraction of sp³-hybridized carbons (Fsp3) is 0.471. The largest absolute Gasteiger partial charge is 0.490 e. The zero-order valence-corrected chi connectivity index (χ0v) is 12.6. The highest BCUT2D eigenvalue weighted by Crippen LogP contribution is 2.14. The van der Waals surface area contributed by atoms with Crippen LogP contribution in [-0.2, 0) is 16.0 Å². The highest BCUT2D eigenvalue weighted by atomic mass is 16.5. The van der Waals surface area contributed by atoms with Crippen LogP contribution in [0.25, 0.3) is 0 Å². The highest BCUT2D eigenvalue weighted by Gasteiger charge is 2.06. The van der Waals surface area contributed by atoms with E-state index in [0.29, 0.717) is 18.6 Å². The van der Waals surface area contributed by atoms with Gasteiger partial charge in [-0.2, -0.15) is 0 Å². The average Bonchev–Trinajstić information content (AvgIpc) is 2.50. The molecule has 0 spiro atoms. The van der Waals surface area contributed by atoms with E-state index in [1.54, 1.807) is 6.08 Å². The van der Waals surface area contributed by atoms with Gasteiger partial charge in [-0.3, -0.25) is 0 Å². The molecule has 3 heteroatoms. The monoisotopic (exact) mass is 276 g/mol. The van der Waals surface area contributed by atoms with E-state index in [1.807, 2.05) is 19.1 Å². The smallest absolute Gasteiger partial charge is 0.333 e. The van der Waals surface area contributed by atoms with Crippen LogP contribution in [-0.4, -0.2) is 19.7 Å². The van der Waals surface area contributed by atoms with Crippen molar-refractivity contribution in [1.82, 2.24) is 0 Å². The molecule has 0 amide bonds. The van der Waals surface area contributed by atoms with Gasteiger partial charge in [-0.1, -0.05) is 32.4 Å². The zero-order chi connectivity index (χ0) is 14.8. The van der Waals surface area contributed by atoms with Gasteiger partial charge in [-0.25, -0.2) is 4.79 Å². The predicted octanol–water partition coefficient (Wildman–Crippen LogP) is 3.92. The van der Waals surface area contributed by atoms with E-state index in [9.17, 15) is 4.79 Å². The number of methoxy groups -OCH3 is 1. The van der Waals surface area contributed by atoms with Gasteiger partial charge in [-0.05, 0) is 43.0 Å². The minimum absolute atomic E-state index is 0.286. The number of carbonyl (C=O) groups is 1. The molecule has 20 heavy (non-hydrogen) atoms. The van der Waals surface area contributed by atoms with E-state index in [0.717, 1.165) is 12.2 Å². The third kappa shape index (κ3) is 5.47. The standard InChI is InChI=1S/C17H24O3/c1-4-6-7-14-8-10-16(11-9-14)20-13-12-15(5-2)17(18)19-3/h8-12H,4-7,13H2,1-3H3/b15-12-. The number of hydrogen-bond acceptors (Lipinski definition) is 3. The number of esters is 1. The Balaban J connectivity index is 2.49. The van der Waals surface area contributed by atoms with Gasteiger partial charge in [0.1, 0.15) is 12.4 Å². The summed E-state index contributed by atoms with van der Waals surface area (Å²) in [6.45, 7) is 4.49. The molecule has 0 heterocycles. The lowest BCUT2D eigenvalue weighted by molar-refractivity contribution is -0.136. The van der Waals surface area contributed by atoms with Crippen molar-refractivity contribution in [1.29, 1.82) is 0 Å². The number of hydrogen-bond donors (Lipinski definition) is 0. The third-order valence-corrected chi connectivity index (χ3v) is 3.15. The Morgan fingerprint density at radius 3 is 2.45 bits per heavy atom. The number of carbonyl (C=O) groups excluding carboxylic acids is 1. The van der Waals surface area contributed by atoms with Crippen molar-refractivity contribution in [2.75, 3.05) is 13.7 Å². The summed E-state index contributed by atoms with van der Waals surface area (Å²) in [6.07, 6.45) is 5.94. The molecule has 0 N–H and O–H groups in total. The van der Waals surface area contributed by atoms with Crippen molar-refractivity contribution in [3.63, 3.8) is 0 Å². The summed E-state index contributed by atoms with van der Waals surface area (Å²) in [4.78, 5) is 11.4. The summed E-state index contributed by atoms with van der Waals surface area (Å²) in [7, 11) is 1.39. The maximum absolute atomic E-state index is 11.4. The predicted molar refractivity (Wildman–Crippen MR) is 80.9 cm³/mol. The van der Waals surface area contributed by atoms with E-state index in [-0.39, 0.29) is 5.97 Å². The van der Waals surface area contributed by atoms with Crippen molar-refractivity contribution in [2.24, 2.45) is 0 Å². The second-order valence-electron chi connectivity index (χ2n) is 4.63. The van der Waals surface area contributed by atoms with Crippen LogP contribution >= 0.6 is 0 Å². The van der Waals surface area contributed by atoms with Crippen molar-refractivity contribution < 1.29 is 14.3 Å². The van der Waals surface area contributed by atoms with Gasteiger partial charge in [0.15, 0.2) is 0 Å². The molecule has 0 aliphatic rings. The van der Waals surface area contributed by atoms with Gasteiger partial charge in [0.25, 0.3) is 0 Å². The van der Waals surface area contributed by atoms with Crippen LogP contribution in [0.2, 0.25) is 0 Å². The molecular weight excluding hydrogens is 252 g/mol. The summed E-state index contributed by atoms with van der Waals surface area (Å²) in [6, 6.07) is 8.14. The molecule has 110 valence electrons. The molecule has 1 rings (SSSR count). The van der Waals surface area contributed by atoms with Gasteiger partial charge < -0.3 is 9.47 Å². The normalized spacial score (nSPS) is 11.2. The second kappa shape index (κ2) is 9.18. The molecule has 0 fully saturated rings. The molecule has 0 unspecified atom stereocenters. The van der Waals surface area contributed by atoms with Crippen LogP contribution in [0, 0.1) is 0 Å².